The number of thiophene rings is 1. The number of piperazine rings is 1. The molecule has 6 heteroatoms. The van der Waals surface area contributed by atoms with E-state index in [-0.39, 0.29) is 0 Å². The van der Waals surface area contributed by atoms with Crippen molar-refractivity contribution in [2.24, 2.45) is 0 Å². The SMILES string of the molecule is Cc1ccc(C)c(S(=O)(=O)N2CCN(Cc3cccs3)CC2)c1. The Morgan fingerprint density at radius 3 is 2.48 bits per heavy atom. The summed E-state index contributed by atoms with van der Waals surface area (Å²) in [6.45, 7) is 7.37. The second kappa shape index (κ2) is 6.73. The monoisotopic (exact) mass is 350 g/mol. The van der Waals surface area contributed by atoms with E-state index in [1.54, 1.807) is 21.7 Å². The third-order valence-electron chi connectivity index (χ3n) is 4.25. The topological polar surface area (TPSA) is 40.6 Å². The molecule has 1 aliphatic rings. The minimum absolute atomic E-state index is 0.448. The van der Waals surface area contributed by atoms with Gasteiger partial charge in [-0.25, -0.2) is 8.42 Å². The Bertz CT molecular complexity index is 762. The van der Waals surface area contributed by atoms with Gasteiger partial charge >= 0.3 is 0 Å². The van der Waals surface area contributed by atoms with Crippen molar-refractivity contribution in [3.63, 3.8) is 0 Å². The summed E-state index contributed by atoms with van der Waals surface area (Å²) >= 11 is 1.75. The highest BCUT2D eigenvalue weighted by atomic mass is 32.2. The Balaban J connectivity index is 1.70. The maximum Gasteiger partial charge on any atom is 0.243 e. The van der Waals surface area contributed by atoms with E-state index < -0.39 is 10.0 Å². The van der Waals surface area contributed by atoms with Crippen LogP contribution in [0.5, 0.6) is 0 Å². The maximum absolute atomic E-state index is 12.9. The predicted molar refractivity (Wildman–Crippen MR) is 94.3 cm³/mol. The van der Waals surface area contributed by atoms with E-state index in [1.165, 1.54) is 4.88 Å². The van der Waals surface area contributed by atoms with Crippen LogP contribution in [0.15, 0.2) is 40.6 Å². The molecule has 0 unspecified atom stereocenters. The van der Waals surface area contributed by atoms with Crippen LogP contribution >= 0.6 is 11.3 Å². The molecule has 3 rings (SSSR count). The molecule has 0 bridgehead atoms. The van der Waals surface area contributed by atoms with Crippen LogP contribution in [-0.2, 0) is 16.6 Å². The minimum atomic E-state index is -3.39. The smallest absolute Gasteiger partial charge is 0.243 e. The van der Waals surface area contributed by atoms with Crippen molar-refractivity contribution in [3.05, 3.63) is 51.7 Å². The first-order valence-corrected chi connectivity index (χ1v) is 10.1. The summed E-state index contributed by atoms with van der Waals surface area (Å²) < 4.78 is 27.4. The van der Waals surface area contributed by atoms with Crippen molar-refractivity contribution in [1.29, 1.82) is 0 Å². The highest BCUT2D eigenvalue weighted by Crippen LogP contribution is 2.23. The number of sulfonamides is 1. The summed E-state index contributed by atoms with van der Waals surface area (Å²) in [5, 5.41) is 2.08. The third kappa shape index (κ3) is 3.66. The van der Waals surface area contributed by atoms with Crippen LogP contribution < -0.4 is 0 Å². The van der Waals surface area contributed by atoms with Gasteiger partial charge in [0.25, 0.3) is 0 Å². The standard InChI is InChI=1S/C17H22N2O2S2/c1-14-5-6-15(2)17(12-14)23(20,21)19-9-7-18(8-10-19)13-16-4-3-11-22-16/h3-6,11-12H,7-10,13H2,1-2H3. The summed E-state index contributed by atoms with van der Waals surface area (Å²) in [6, 6.07) is 9.80. The van der Waals surface area contributed by atoms with Gasteiger partial charge in [-0.3, -0.25) is 4.90 Å². The molecule has 4 nitrogen and oxygen atoms in total. The Morgan fingerprint density at radius 1 is 1.09 bits per heavy atom. The molecule has 0 amide bonds. The molecule has 2 heterocycles. The van der Waals surface area contributed by atoms with E-state index in [2.05, 4.69) is 22.4 Å². The Kier molecular flexibility index (Phi) is 4.87. The summed E-state index contributed by atoms with van der Waals surface area (Å²) in [5.74, 6) is 0. The summed E-state index contributed by atoms with van der Waals surface area (Å²) in [4.78, 5) is 4.10. The van der Waals surface area contributed by atoms with Gasteiger partial charge in [0.2, 0.25) is 10.0 Å². The molecular weight excluding hydrogens is 328 g/mol. The molecule has 1 aromatic carbocycles. The predicted octanol–water partition coefficient (Wildman–Crippen LogP) is 2.87. The van der Waals surface area contributed by atoms with Crippen LogP contribution in [-0.4, -0.2) is 43.8 Å². The van der Waals surface area contributed by atoms with Gasteiger partial charge in [-0.1, -0.05) is 18.2 Å². The fourth-order valence-electron chi connectivity index (χ4n) is 2.88. The van der Waals surface area contributed by atoms with E-state index in [1.807, 2.05) is 26.0 Å². The van der Waals surface area contributed by atoms with Gasteiger partial charge in [-0.05, 0) is 42.5 Å². The van der Waals surface area contributed by atoms with Gasteiger partial charge < -0.3 is 0 Å². The molecule has 0 aliphatic carbocycles. The summed E-state index contributed by atoms with van der Waals surface area (Å²) in [7, 11) is -3.39. The summed E-state index contributed by atoms with van der Waals surface area (Å²) in [5.41, 5.74) is 1.79. The number of hydrogen-bond acceptors (Lipinski definition) is 4. The molecule has 1 fully saturated rings. The van der Waals surface area contributed by atoms with Gasteiger partial charge in [-0.2, -0.15) is 4.31 Å². The van der Waals surface area contributed by atoms with Gasteiger partial charge in [0, 0.05) is 37.6 Å². The molecule has 124 valence electrons. The zero-order valence-corrected chi connectivity index (χ0v) is 15.2. The van der Waals surface area contributed by atoms with Crippen LogP contribution in [0.1, 0.15) is 16.0 Å². The Morgan fingerprint density at radius 2 is 1.83 bits per heavy atom. The van der Waals surface area contributed by atoms with E-state index in [4.69, 9.17) is 0 Å². The number of aryl methyl sites for hydroxylation is 2. The Hall–Kier alpha value is -1.21. The zero-order valence-electron chi connectivity index (χ0n) is 13.5. The average molecular weight is 351 g/mol. The van der Waals surface area contributed by atoms with E-state index in [9.17, 15) is 8.42 Å². The average Bonchev–Trinajstić information content (AvgIpc) is 3.03. The van der Waals surface area contributed by atoms with Crippen molar-refractivity contribution in [2.45, 2.75) is 25.3 Å². The number of benzene rings is 1. The van der Waals surface area contributed by atoms with E-state index in [0.29, 0.717) is 18.0 Å². The van der Waals surface area contributed by atoms with Crippen molar-refractivity contribution < 1.29 is 8.42 Å². The first-order chi connectivity index (χ1) is 11.0. The molecule has 0 atom stereocenters. The normalized spacial score (nSPS) is 17.5. The molecule has 1 aromatic heterocycles. The summed E-state index contributed by atoms with van der Waals surface area (Å²) in [6.07, 6.45) is 0. The lowest BCUT2D eigenvalue weighted by Gasteiger charge is -2.34. The molecule has 1 aliphatic heterocycles. The quantitative estimate of drug-likeness (QED) is 0.851. The largest absolute Gasteiger partial charge is 0.296 e. The first kappa shape index (κ1) is 16.6. The fraction of sp³-hybridized carbons (Fsp3) is 0.412. The van der Waals surface area contributed by atoms with E-state index in [0.717, 1.165) is 30.8 Å². The highest BCUT2D eigenvalue weighted by Gasteiger charge is 2.29. The lowest BCUT2D eigenvalue weighted by molar-refractivity contribution is 0.183. The lowest BCUT2D eigenvalue weighted by atomic mass is 10.2. The number of nitrogens with zero attached hydrogens (tertiary/aromatic N) is 2. The highest BCUT2D eigenvalue weighted by molar-refractivity contribution is 7.89. The van der Waals surface area contributed by atoms with Crippen LogP contribution in [0.4, 0.5) is 0 Å². The van der Waals surface area contributed by atoms with Gasteiger partial charge in [-0.15, -0.1) is 11.3 Å². The molecule has 23 heavy (non-hydrogen) atoms. The van der Waals surface area contributed by atoms with Crippen LogP contribution in [0.2, 0.25) is 0 Å². The third-order valence-corrected chi connectivity index (χ3v) is 7.15. The first-order valence-electron chi connectivity index (χ1n) is 7.79. The van der Waals surface area contributed by atoms with Crippen molar-refractivity contribution in [1.82, 2.24) is 9.21 Å². The van der Waals surface area contributed by atoms with E-state index >= 15 is 0 Å². The van der Waals surface area contributed by atoms with Gasteiger partial charge in [0.15, 0.2) is 0 Å². The second-order valence-corrected chi connectivity index (χ2v) is 8.97. The van der Waals surface area contributed by atoms with Gasteiger partial charge in [0.05, 0.1) is 4.90 Å². The van der Waals surface area contributed by atoms with Crippen LogP contribution in [0.3, 0.4) is 0 Å². The molecular formula is C17H22N2O2S2. The molecule has 0 N–H and O–H groups in total. The minimum Gasteiger partial charge on any atom is -0.296 e. The second-order valence-electron chi connectivity index (χ2n) is 6.03. The van der Waals surface area contributed by atoms with Crippen LogP contribution in [0.25, 0.3) is 0 Å². The van der Waals surface area contributed by atoms with Crippen LogP contribution in [0, 0.1) is 13.8 Å². The van der Waals surface area contributed by atoms with Crippen molar-refractivity contribution >= 4 is 21.4 Å². The van der Waals surface area contributed by atoms with Crippen molar-refractivity contribution in [2.75, 3.05) is 26.2 Å². The maximum atomic E-state index is 12.9. The molecule has 2 aromatic rings. The molecule has 0 radical (unpaired) electrons. The lowest BCUT2D eigenvalue weighted by Crippen LogP contribution is -2.48. The van der Waals surface area contributed by atoms with Crippen molar-refractivity contribution in [3.8, 4) is 0 Å². The Labute approximate surface area is 142 Å². The molecule has 1 saturated heterocycles. The van der Waals surface area contributed by atoms with Gasteiger partial charge in [0.1, 0.15) is 0 Å². The zero-order chi connectivity index (χ0) is 16.4. The molecule has 0 saturated carbocycles. The number of hydrogen-bond donors (Lipinski definition) is 0. The fourth-order valence-corrected chi connectivity index (χ4v) is 5.35. The number of rotatable bonds is 4. The molecule has 0 spiro atoms.